The summed E-state index contributed by atoms with van der Waals surface area (Å²) < 4.78 is 24.2. The van der Waals surface area contributed by atoms with Gasteiger partial charge in [0.15, 0.2) is 0 Å². The lowest BCUT2D eigenvalue weighted by molar-refractivity contribution is -0.132. The van der Waals surface area contributed by atoms with Crippen molar-refractivity contribution in [2.24, 2.45) is 0 Å². The zero-order valence-electron chi connectivity index (χ0n) is 11.5. The monoisotopic (exact) mass is 297 g/mol. The van der Waals surface area contributed by atoms with Crippen molar-refractivity contribution >= 4 is 15.9 Å². The molecule has 1 fully saturated rings. The first-order valence-electron chi connectivity index (χ1n) is 6.58. The van der Waals surface area contributed by atoms with Gasteiger partial charge in [-0.3, -0.25) is 9.78 Å². The van der Waals surface area contributed by atoms with Crippen LogP contribution in [0.2, 0.25) is 0 Å². The van der Waals surface area contributed by atoms with Crippen LogP contribution in [0.1, 0.15) is 12.0 Å². The van der Waals surface area contributed by atoms with Crippen LogP contribution < -0.4 is 0 Å². The van der Waals surface area contributed by atoms with E-state index in [0.29, 0.717) is 39.0 Å². The van der Waals surface area contributed by atoms with Gasteiger partial charge >= 0.3 is 0 Å². The fourth-order valence-corrected chi connectivity index (χ4v) is 3.05. The highest BCUT2D eigenvalue weighted by Crippen LogP contribution is 2.09. The van der Waals surface area contributed by atoms with Crippen LogP contribution in [0.25, 0.3) is 0 Å². The summed E-state index contributed by atoms with van der Waals surface area (Å²) in [6.07, 6.45) is 5.76. The maximum Gasteiger partial charge on any atom is 0.222 e. The number of piperazine rings is 1. The number of aromatic nitrogens is 1. The van der Waals surface area contributed by atoms with Gasteiger partial charge in [0.25, 0.3) is 0 Å². The smallest absolute Gasteiger partial charge is 0.222 e. The van der Waals surface area contributed by atoms with Crippen molar-refractivity contribution in [2.45, 2.75) is 12.8 Å². The van der Waals surface area contributed by atoms with Crippen LogP contribution in [0.3, 0.4) is 0 Å². The topological polar surface area (TPSA) is 70.6 Å². The number of carbonyl (C=O) groups is 1. The van der Waals surface area contributed by atoms with E-state index in [1.807, 2.05) is 12.1 Å². The van der Waals surface area contributed by atoms with Gasteiger partial charge in [-0.15, -0.1) is 0 Å². The molecule has 1 aliphatic heterocycles. The molecule has 0 saturated carbocycles. The summed E-state index contributed by atoms with van der Waals surface area (Å²) in [6.45, 7) is 1.73. The molecule has 0 bridgehead atoms. The molecule has 6 nitrogen and oxygen atoms in total. The normalized spacial score (nSPS) is 17.1. The Balaban J connectivity index is 1.80. The third kappa shape index (κ3) is 4.01. The SMILES string of the molecule is CS(=O)(=O)N1CCN(C(=O)CCc2ccncc2)CC1. The molecule has 0 N–H and O–H groups in total. The van der Waals surface area contributed by atoms with Crippen molar-refractivity contribution in [3.8, 4) is 0 Å². The van der Waals surface area contributed by atoms with Gasteiger partial charge in [-0.25, -0.2) is 8.42 Å². The molecular weight excluding hydrogens is 278 g/mol. The minimum absolute atomic E-state index is 0.0787. The molecule has 2 heterocycles. The molecular formula is C13H19N3O3S. The van der Waals surface area contributed by atoms with Crippen LogP contribution in [-0.4, -0.2) is 60.9 Å². The van der Waals surface area contributed by atoms with Gasteiger partial charge in [0.05, 0.1) is 6.26 Å². The number of sulfonamides is 1. The first-order valence-corrected chi connectivity index (χ1v) is 8.43. The van der Waals surface area contributed by atoms with Crippen molar-refractivity contribution in [1.82, 2.24) is 14.2 Å². The van der Waals surface area contributed by atoms with E-state index in [1.54, 1.807) is 17.3 Å². The van der Waals surface area contributed by atoms with E-state index in [1.165, 1.54) is 10.6 Å². The zero-order chi connectivity index (χ0) is 14.6. The average Bonchev–Trinajstić information content (AvgIpc) is 2.45. The third-order valence-electron chi connectivity index (χ3n) is 3.44. The highest BCUT2D eigenvalue weighted by molar-refractivity contribution is 7.88. The quantitative estimate of drug-likeness (QED) is 0.791. The number of pyridine rings is 1. The molecule has 1 aromatic heterocycles. The maximum atomic E-state index is 12.1. The minimum atomic E-state index is -3.14. The van der Waals surface area contributed by atoms with E-state index in [-0.39, 0.29) is 5.91 Å². The van der Waals surface area contributed by atoms with Gasteiger partial charge in [0.2, 0.25) is 15.9 Å². The Morgan fingerprint density at radius 3 is 2.35 bits per heavy atom. The summed E-state index contributed by atoms with van der Waals surface area (Å²) in [7, 11) is -3.14. The first kappa shape index (κ1) is 14.9. The molecule has 0 aliphatic carbocycles. The lowest BCUT2D eigenvalue weighted by Crippen LogP contribution is -2.50. The highest BCUT2D eigenvalue weighted by Gasteiger charge is 2.25. The van der Waals surface area contributed by atoms with E-state index in [4.69, 9.17) is 0 Å². The summed E-state index contributed by atoms with van der Waals surface area (Å²) in [5.41, 5.74) is 1.09. The van der Waals surface area contributed by atoms with E-state index in [0.717, 1.165) is 5.56 Å². The van der Waals surface area contributed by atoms with E-state index in [9.17, 15) is 13.2 Å². The third-order valence-corrected chi connectivity index (χ3v) is 4.74. The molecule has 1 amide bonds. The summed E-state index contributed by atoms with van der Waals surface area (Å²) in [5, 5.41) is 0. The highest BCUT2D eigenvalue weighted by atomic mass is 32.2. The second-order valence-corrected chi connectivity index (χ2v) is 6.88. The first-order chi connectivity index (χ1) is 9.47. The molecule has 110 valence electrons. The van der Waals surface area contributed by atoms with Gasteiger partial charge < -0.3 is 4.90 Å². The number of hydrogen-bond donors (Lipinski definition) is 0. The number of nitrogens with zero attached hydrogens (tertiary/aromatic N) is 3. The Morgan fingerprint density at radius 1 is 1.20 bits per heavy atom. The average molecular weight is 297 g/mol. The van der Waals surface area contributed by atoms with Crippen molar-refractivity contribution < 1.29 is 13.2 Å². The Kier molecular flexibility index (Phi) is 4.72. The zero-order valence-corrected chi connectivity index (χ0v) is 12.3. The fourth-order valence-electron chi connectivity index (χ4n) is 2.23. The Hall–Kier alpha value is -1.47. The van der Waals surface area contributed by atoms with Crippen LogP contribution in [0, 0.1) is 0 Å². The number of hydrogen-bond acceptors (Lipinski definition) is 4. The molecule has 2 rings (SSSR count). The van der Waals surface area contributed by atoms with Crippen molar-refractivity contribution in [3.63, 3.8) is 0 Å². The molecule has 0 radical (unpaired) electrons. The maximum absolute atomic E-state index is 12.1. The molecule has 1 saturated heterocycles. The fraction of sp³-hybridized carbons (Fsp3) is 0.538. The Bertz CT molecular complexity index is 551. The number of carbonyl (C=O) groups excluding carboxylic acids is 1. The molecule has 0 aromatic carbocycles. The van der Waals surface area contributed by atoms with Crippen molar-refractivity contribution in [1.29, 1.82) is 0 Å². The summed E-state index contributed by atoms with van der Waals surface area (Å²) in [6, 6.07) is 3.80. The largest absolute Gasteiger partial charge is 0.340 e. The van der Waals surface area contributed by atoms with Crippen LogP contribution in [-0.2, 0) is 21.2 Å². The van der Waals surface area contributed by atoms with Crippen LogP contribution in [0.15, 0.2) is 24.5 Å². The van der Waals surface area contributed by atoms with Crippen LogP contribution in [0.4, 0.5) is 0 Å². The van der Waals surface area contributed by atoms with E-state index >= 15 is 0 Å². The van der Waals surface area contributed by atoms with E-state index in [2.05, 4.69) is 4.98 Å². The number of amides is 1. The van der Waals surface area contributed by atoms with Crippen LogP contribution in [0.5, 0.6) is 0 Å². The molecule has 1 aromatic rings. The standard InChI is InChI=1S/C13H19N3O3S/c1-20(18,19)16-10-8-15(9-11-16)13(17)3-2-12-4-6-14-7-5-12/h4-7H,2-3,8-11H2,1H3. The van der Waals surface area contributed by atoms with Gasteiger partial charge in [0.1, 0.15) is 0 Å². The van der Waals surface area contributed by atoms with Gasteiger partial charge in [0, 0.05) is 45.0 Å². The minimum Gasteiger partial charge on any atom is -0.340 e. The molecule has 7 heteroatoms. The van der Waals surface area contributed by atoms with Gasteiger partial charge in [-0.1, -0.05) is 0 Å². The molecule has 0 unspecified atom stereocenters. The summed E-state index contributed by atoms with van der Waals surface area (Å²) >= 11 is 0. The molecule has 1 aliphatic rings. The van der Waals surface area contributed by atoms with Gasteiger partial charge in [-0.05, 0) is 24.1 Å². The number of rotatable bonds is 4. The molecule has 20 heavy (non-hydrogen) atoms. The van der Waals surface area contributed by atoms with Crippen molar-refractivity contribution in [2.75, 3.05) is 32.4 Å². The predicted octanol–water partition coefficient (Wildman–Crippen LogP) is 0.118. The predicted molar refractivity (Wildman–Crippen MR) is 75.6 cm³/mol. The molecule has 0 spiro atoms. The Morgan fingerprint density at radius 2 is 1.80 bits per heavy atom. The molecule has 0 atom stereocenters. The Labute approximate surface area is 119 Å². The van der Waals surface area contributed by atoms with Crippen LogP contribution >= 0.6 is 0 Å². The number of aryl methyl sites for hydroxylation is 1. The second kappa shape index (κ2) is 6.32. The second-order valence-electron chi connectivity index (χ2n) is 4.90. The lowest BCUT2D eigenvalue weighted by Gasteiger charge is -2.33. The summed E-state index contributed by atoms with van der Waals surface area (Å²) in [4.78, 5) is 17.7. The van der Waals surface area contributed by atoms with E-state index < -0.39 is 10.0 Å². The summed E-state index contributed by atoms with van der Waals surface area (Å²) in [5.74, 6) is 0.0787. The lowest BCUT2D eigenvalue weighted by atomic mass is 10.1. The van der Waals surface area contributed by atoms with Gasteiger partial charge in [-0.2, -0.15) is 4.31 Å². The van der Waals surface area contributed by atoms with Crippen molar-refractivity contribution in [3.05, 3.63) is 30.1 Å².